The summed E-state index contributed by atoms with van der Waals surface area (Å²) in [5, 5.41) is 10.4. The molecule has 1 heterocycles. The number of hydrogen-bond acceptors (Lipinski definition) is 2. The lowest BCUT2D eigenvalue weighted by molar-refractivity contribution is -0.933. The summed E-state index contributed by atoms with van der Waals surface area (Å²) in [7, 11) is 0. The molecule has 0 saturated carbocycles. The van der Waals surface area contributed by atoms with E-state index in [0.717, 1.165) is 25.4 Å². The summed E-state index contributed by atoms with van der Waals surface area (Å²) in [6.07, 6.45) is 8.45. The number of likely N-dealkylation sites (tertiary alicyclic amines) is 1. The smallest absolute Gasteiger partial charge is 0.126 e. The lowest BCUT2D eigenvalue weighted by atomic mass is 9.89. The van der Waals surface area contributed by atoms with Gasteiger partial charge in [-0.25, -0.2) is 0 Å². The number of fused-ring (bicyclic) bond motifs is 1. The summed E-state index contributed by atoms with van der Waals surface area (Å²) in [5.41, 5.74) is 2.76. The van der Waals surface area contributed by atoms with E-state index in [1.54, 1.807) is 4.90 Å². The first-order chi connectivity index (χ1) is 11.3. The van der Waals surface area contributed by atoms with Crippen molar-refractivity contribution < 1.29 is 14.7 Å². The predicted molar refractivity (Wildman–Crippen MR) is 92.7 cm³/mol. The van der Waals surface area contributed by atoms with E-state index in [4.69, 9.17) is 4.74 Å². The van der Waals surface area contributed by atoms with E-state index < -0.39 is 0 Å². The molecule has 1 saturated heterocycles. The van der Waals surface area contributed by atoms with Crippen molar-refractivity contribution in [3.05, 3.63) is 35.4 Å². The van der Waals surface area contributed by atoms with Crippen molar-refractivity contribution in [3.8, 4) is 0 Å². The van der Waals surface area contributed by atoms with E-state index in [9.17, 15) is 5.11 Å². The highest BCUT2D eigenvalue weighted by molar-refractivity contribution is 5.31. The van der Waals surface area contributed by atoms with E-state index in [1.807, 2.05) is 0 Å². The average Bonchev–Trinajstić information content (AvgIpc) is 2.60. The zero-order valence-electron chi connectivity index (χ0n) is 14.5. The van der Waals surface area contributed by atoms with Crippen LogP contribution in [0.4, 0.5) is 0 Å². The number of piperidine rings is 1. The van der Waals surface area contributed by atoms with Crippen molar-refractivity contribution in [2.45, 2.75) is 70.1 Å². The second-order valence-electron chi connectivity index (χ2n) is 7.28. The highest BCUT2D eigenvalue weighted by Crippen LogP contribution is 2.32. The van der Waals surface area contributed by atoms with Crippen molar-refractivity contribution in [1.82, 2.24) is 0 Å². The van der Waals surface area contributed by atoms with Crippen LogP contribution in [-0.2, 0) is 11.2 Å². The lowest BCUT2D eigenvalue weighted by Gasteiger charge is -2.33. The topological polar surface area (TPSA) is 33.9 Å². The van der Waals surface area contributed by atoms with Crippen LogP contribution in [0, 0.1) is 0 Å². The van der Waals surface area contributed by atoms with Gasteiger partial charge in [0.05, 0.1) is 25.3 Å². The first-order valence-corrected chi connectivity index (χ1v) is 9.50. The molecule has 1 aliphatic carbocycles. The minimum absolute atomic E-state index is 0.174. The number of benzene rings is 1. The van der Waals surface area contributed by atoms with Crippen LogP contribution in [0.15, 0.2) is 24.3 Å². The second kappa shape index (κ2) is 8.27. The number of aliphatic hydroxyl groups excluding tert-OH is 1. The molecule has 0 radical (unpaired) electrons. The van der Waals surface area contributed by atoms with Gasteiger partial charge in [0.15, 0.2) is 0 Å². The quantitative estimate of drug-likeness (QED) is 0.844. The number of hydrogen-bond donors (Lipinski definition) is 2. The van der Waals surface area contributed by atoms with E-state index in [1.165, 1.54) is 49.8 Å². The summed E-state index contributed by atoms with van der Waals surface area (Å²) in [4.78, 5) is 1.58. The van der Waals surface area contributed by atoms with E-state index in [2.05, 4.69) is 31.2 Å². The van der Waals surface area contributed by atoms with Crippen molar-refractivity contribution >= 4 is 0 Å². The Labute approximate surface area is 140 Å². The standard InChI is InChI=1S/C20H31NO2/c1-2-17-10-5-6-13-21(17)14-18(22)15-23-20-12-7-9-16-8-3-4-11-19(16)20/h3-4,8,11,17-18,20,22H,2,5-7,9-10,12-15H2,1H3/p+1/t17-,18+,20-/m1/s1. The monoisotopic (exact) mass is 318 g/mol. The molecule has 0 bridgehead atoms. The van der Waals surface area contributed by atoms with Gasteiger partial charge < -0.3 is 14.7 Å². The minimum atomic E-state index is -0.341. The summed E-state index contributed by atoms with van der Waals surface area (Å²) in [5.74, 6) is 0. The largest absolute Gasteiger partial charge is 0.385 e. The van der Waals surface area contributed by atoms with Crippen LogP contribution in [0.1, 0.15) is 62.7 Å². The maximum Gasteiger partial charge on any atom is 0.126 e. The van der Waals surface area contributed by atoms with E-state index in [-0.39, 0.29) is 12.2 Å². The van der Waals surface area contributed by atoms with E-state index >= 15 is 0 Å². The molecule has 0 spiro atoms. The Hall–Kier alpha value is -0.900. The van der Waals surface area contributed by atoms with Gasteiger partial charge in [-0.15, -0.1) is 0 Å². The number of aryl methyl sites for hydroxylation is 1. The Morgan fingerprint density at radius 2 is 2.09 bits per heavy atom. The molecule has 1 aliphatic heterocycles. The van der Waals surface area contributed by atoms with Crippen LogP contribution in [-0.4, -0.2) is 36.9 Å². The molecule has 1 aromatic carbocycles. The normalized spacial score (nSPS) is 29.0. The molecular weight excluding hydrogens is 286 g/mol. The third kappa shape index (κ3) is 4.34. The molecule has 3 heteroatoms. The fraction of sp³-hybridized carbons (Fsp3) is 0.700. The molecule has 3 nitrogen and oxygen atoms in total. The number of quaternary nitrogens is 1. The summed E-state index contributed by atoms with van der Waals surface area (Å²) >= 11 is 0. The van der Waals surface area contributed by atoms with Crippen molar-refractivity contribution in [2.75, 3.05) is 19.7 Å². The molecule has 4 atom stereocenters. The average molecular weight is 318 g/mol. The minimum Gasteiger partial charge on any atom is -0.385 e. The predicted octanol–water partition coefficient (Wildman–Crippen LogP) is 2.29. The van der Waals surface area contributed by atoms with Crippen LogP contribution in [0.3, 0.4) is 0 Å². The number of aliphatic hydroxyl groups is 1. The van der Waals surface area contributed by atoms with Crippen molar-refractivity contribution in [3.63, 3.8) is 0 Å². The molecule has 0 aromatic heterocycles. The first-order valence-electron chi connectivity index (χ1n) is 9.50. The third-order valence-corrected chi connectivity index (χ3v) is 5.67. The Morgan fingerprint density at radius 1 is 1.22 bits per heavy atom. The van der Waals surface area contributed by atoms with Gasteiger partial charge in [-0.3, -0.25) is 0 Å². The van der Waals surface area contributed by atoms with Gasteiger partial charge in [0.2, 0.25) is 0 Å². The Morgan fingerprint density at radius 3 is 2.96 bits per heavy atom. The molecule has 2 aliphatic rings. The molecule has 1 unspecified atom stereocenters. The van der Waals surface area contributed by atoms with Gasteiger partial charge in [0.25, 0.3) is 0 Å². The summed E-state index contributed by atoms with van der Waals surface area (Å²) in [6.45, 7) is 4.80. The second-order valence-corrected chi connectivity index (χ2v) is 7.28. The molecule has 128 valence electrons. The molecule has 0 amide bonds. The van der Waals surface area contributed by atoms with Gasteiger partial charge in [-0.1, -0.05) is 31.2 Å². The van der Waals surface area contributed by atoms with Gasteiger partial charge >= 0.3 is 0 Å². The fourth-order valence-electron chi connectivity index (χ4n) is 4.38. The Kier molecular flexibility index (Phi) is 6.09. The number of ether oxygens (including phenoxy) is 1. The Bertz CT molecular complexity index is 490. The van der Waals surface area contributed by atoms with Gasteiger partial charge in [-0.2, -0.15) is 0 Å². The lowest BCUT2D eigenvalue weighted by Crippen LogP contribution is -3.17. The van der Waals surface area contributed by atoms with Crippen LogP contribution in [0.5, 0.6) is 0 Å². The van der Waals surface area contributed by atoms with E-state index in [0.29, 0.717) is 6.61 Å². The fourth-order valence-corrected chi connectivity index (χ4v) is 4.38. The van der Waals surface area contributed by atoms with Crippen molar-refractivity contribution in [1.29, 1.82) is 0 Å². The van der Waals surface area contributed by atoms with Gasteiger partial charge in [-0.05, 0) is 56.1 Å². The van der Waals surface area contributed by atoms with Gasteiger partial charge in [0.1, 0.15) is 12.6 Å². The van der Waals surface area contributed by atoms with Gasteiger partial charge in [0, 0.05) is 0 Å². The maximum atomic E-state index is 10.4. The third-order valence-electron chi connectivity index (χ3n) is 5.67. The van der Waals surface area contributed by atoms with Crippen molar-refractivity contribution in [2.24, 2.45) is 0 Å². The zero-order valence-corrected chi connectivity index (χ0v) is 14.5. The number of nitrogens with one attached hydrogen (secondary N) is 1. The Balaban J connectivity index is 1.50. The molecule has 2 N–H and O–H groups in total. The molecule has 3 rings (SSSR count). The molecular formula is C20H32NO2+. The highest BCUT2D eigenvalue weighted by atomic mass is 16.5. The SMILES string of the molecule is CC[C@@H]1CCCC[NH+]1C[C@H](O)CO[C@@H]1CCCc2ccccc21. The summed E-state index contributed by atoms with van der Waals surface area (Å²) < 4.78 is 6.12. The first kappa shape index (κ1) is 16.9. The van der Waals surface area contributed by atoms with Crippen LogP contribution < -0.4 is 4.90 Å². The zero-order chi connectivity index (χ0) is 16.1. The molecule has 23 heavy (non-hydrogen) atoms. The highest BCUT2D eigenvalue weighted by Gasteiger charge is 2.27. The molecule has 1 fully saturated rings. The summed E-state index contributed by atoms with van der Waals surface area (Å²) in [6, 6.07) is 9.34. The maximum absolute atomic E-state index is 10.4. The molecule has 1 aromatic rings. The van der Waals surface area contributed by atoms with Crippen LogP contribution in [0.2, 0.25) is 0 Å². The van der Waals surface area contributed by atoms with Crippen LogP contribution >= 0.6 is 0 Å². The number of rotatable bonds is 6. The van der Waals surface area contributed by atoms with Crippen LogP contribution in [0.25, 0.3) is 0 Å².